The molecule has 0 spiro atoms. The van der Waals surface area contributed by atoms with Gasteiger partial charge in [0.15, 0.2) is 0 Å². The summed E-state index contributed by atoms with van der Waals surface area (Å²) in [5.74, 6) is -1.80. The van der Waals surface area contributed by atoms with Gasteiger partial charge in [0.25, 0.3) is 0 Å². The van der Waals surface area contributed by atoms with Crippen LogP contribution in [0.4, 0.5) is 26.3 Å². The van der Waals surface area contributed by atoms with Gasteiger partial charge in [-0.1, -0.05) is 6.92 Å². The van der Waals surface area contributed by atoms with Crippen LogP contribution in [0.1, 0.15) is 13.3 Å². The van der Waals surface area contributed by atoms with Crippen LogP contribution in [0.3, 0.4) is 0 Å². The van der Waals surface area contributed by atoms with Gasteiger partial charge in [0, 0.05) is 0 Å². The zero-order valence-corrected chi connectivity index (χ0v) is 8.77. The normalized spacial score (nSPS) is 15.1. The van der Waals surface area contributed by atoms with Gasteiger partial charge in [0.2, 0.25) is 0 Å². The summed E-state index contributed by atoms with van der Waals surface area (Å²) in [7, 11) is 0. The molecule has 0 aromatic heterocycles. The van der Waals surface area contributed by atoms with Crippen LogP contribution in [-0.4, -0.2) is 47.5 Å². The molecule has 9 heteroatoms. The average molecular weight is 267 g/mol. The lowest BCUT2D eigenvalue weighted by Gasteiger charge is -2.31. The highest BCUT2D eigenvalue weighted by Gasteiger charge is 2.47. The first kappa shape index (κ1) is 16.0. The van der Waals surface area contributed by atoms with Crippen LogP contribution in [0, 0.1) is 0 Å². The maximum atomic E-state index is 12.4. The molecule has 0 bridgehead atoms. The molecule has 17 heavy (non-hydrogen) atoms. The summed E-state index contributed by atoms with van der Waals surface area (Å²) >= 11 is 0. The van der Waals surface area contributed by atoms with Crippen LogP contribution in [0.25, 0.3) is 0 Å². The van der Waals surface area contributed by atoms with Gasteiger partial charge in [-0.05, 0) is 6.54 Å². The summed E-state index contributed by atoms with van der Waals surface area (Å²) in [6.07, 6.45) is -11.2. The molecule has 3 nitrogen and oxygen atoms in total. The zero-order valence-electron chi connectivity index (χ0n) is 8.77. The second kappa shape index (κ2) is 5.56. The number of hydrogen-bond acceptors (Lipinski definition) is 2. The Morgan fingerprint density at radius 3 is 1.94 bits per heavy atom. The number of nitrogens with zero attached hydrogens (tertiary/aromatic N) is 1. The average Bonchev–Trinajstić information content (AvgIpc) is 2.07. The van der Waals surface area contributed by atoms with E-state index < -0.39 is 43.9 Å². The molecule has 0 radical (unpaired) electrons. The lowest BCUT2D eigenvalue weighted by Crippen LogP contribution is -2.50. The molecule has 0 aliphatic carbocycles. The second-order valence-electron chi connectivity index (χ2n) is 3.33. The SMILES string of the molecule is CCN(CC(F)(F)F)C(CC(=O)O)C(F)(F)F. The predicted molar refractivity (Wildman–Crippen MR) is 45.4 cm³/mol. The summed E-state index contributed by atoms with van der Waals surface area (Å²) in [5, 5.41) is 8.28. The Morgan fingerprint density at radius 2 is 1.71 bits per heavy atom. The molecular weight excluding hydrogens is 256 g/mol. The molecule has 0 saturated carbocycles. The Labute approximate surface area is 93.0 Å². The molecule has 102 valence electrons. The number of carboxylic acid groups (broad SMARTS) is 1. The Hall–Kier alpha value is -0.990. The third kappa shape index (κ3) is 6.35. The van der Waals surface area contributed by atoms with Crippen molar-refractivity contribution in [2.75, 3.05) is 13.1 Å². The van der Waals surface area contributed by atoms with Gasteiger partial charge in [0.1, 0.15) is 6.04 Å². The van der Waals surface area contributed by atoms with Gasteiger partial charge in [-0.15, -0.1) is 0 Å². The number of carboxylic acids is 1. The van der Waals surface area contributed by atoms with Gasteiger partial charge in [-0.2, -0.15) is 26.3 Å². The minimum Gasteiger partial charge on any atom is -0.481 e. The molecule has 0 saturated heterocycles. The molecule has 0 aromatic rings. The molecule has 1 unspecified atom stereocenters. The number of rotatable bonds is 5. The maximum Gasteiger partial charge on any atom is 0.404 e. The van der Waals surface area contributed by atoms with Crippen molar-refractivity contribution < 1.29 is 36.2 Å². The quantitative estimate of drug-likeness (QED) is 0.777. The molecular formula is C8H11F6NO2. The van der Waals surface area contributed by atoms with Crippen LogP contribution in [0.15, 0.2) is 0 Å². The highest BCUT2D eigenvalue weighted by Crippen LogP contribution is 2.29. The van der Waals surface area contributed by atoms with Crippen molar-refractivity contribution in [1.29, 1.82) is 0 Å². The van der Waals surface area contributed by atoms with Gasteiger partial charge < -0.3 is 5.11 Å². The highest BCUT2D eigenvalue weighted by atomic mass is 19.4. The third-order valence-electron chi connectivity index (χ3n) is 1.98. The van der Waals surface area contributed by atoms with Crippen molar-refractivity contribution in [3.8, 4) is 0 Å². The minimum absolute atomic E-state index is 0.0497. The largest absolute Gasteiger partial charge is 0.481 e. The fourth-order valence-electron chi connectivity index (χ4n) is 1.29. The van der Waals surface area contributed by atoms with E-state index in [-0.39, 0.29) is 4.90 Å². The van der Waals surface area contributed by atoms with Crippen molar-refractivity contribution in [2.45, 2.75) is 31.7 Å². The molecule has 1 atom stereocenters. The molecule has 0 heterocycles. The Kier molecular flexibility index (Phi) is 5.24. The summed E-state index contributed by atoms with van der Waals surface area (Å²) in [5.41, 5.74) is 0. The van der Waals surface area contributed by atoms with E-state index in [0.29, 0.717) is 0 Å². The van der Waals surface area contributed by atoms with Crippen molar-refractivity contribution >= 4 is 5.97 Å². The van der Waals surface area contributed by atoms with Gasteiger partial charge >= 0.3 is 18.3 Å². The van der Waals surface area contributed by atoms with Crippen LogP contribution < -0.4 is 0 Å². The fourth-order valence-corrected chi connectivity index (χ4v) is 1.29. The van der Waals surface area contributed by atoms with Crippen LogP contribution in [0.2, 0.25) is 0 Å². The molecule has 0 aliphatic rings. The number of halogens is 6. The summed E-state index contributed by atoms with van der Waals surface area (Å²) in [6.45, 7) is -1.23. The monoisotopic (exact) mass is 267 g/mol. The molecule has 0 aliphatic heterocycles. The van der Waals surface area contributed by atoms with Crippen molar-refractivity contribution in [1.82, 2.24) is 4.90 Å². The van der Waals surface area contributed by atoms with E-state index in [2.05, 4.69) is 0 Å². The first-order valence-electron chi connectivity index (χ1n) is 4.56. The summed E-state index contributed by atoms with van der Waals surface area (Å²) < 4.78 is 73.3. The van der Waals surface area contributed by atoms with Crippen LogP contribution in [-0.2, 0) is 4.79 Å². The fraction of sp³-hybridized carbons (Fsp3) is 0.875. The number of carbonyl (C=O) groups is 1. The van der Waals surface area contributed by atoms with Gasteiger partial charge in [0.05, 0.1) is 13.0 Å². The van der Waals surface area contributed by atoms with E-state index in [1.807, 2.05) is 0 Å². The molecule has 0 aromatic carbocycles. The molecule has 1 N–H and O–H groups in total. The van der Waals surface area contributed by atoms with Gasteiger partial charge in [-0.25, -0.2) is 0 Å². The van der Waals surface area contributed by atoms with E-state index >= 15 is 0 Å². The Morgan fingerprint density at radius 1 is 1.24 bits per heavy atom. The lowest BCUT2D eigenvalue weighted by atomic mass is 10.1. The highest BCUT2D eigenvalue weighted by molar-refractivity contribution is 5.67. The zero-order chi connectivity index (χ0) is 13.9. The second-order valence-corrected chi connectivity index (χ2v) is 3.33. The molecule has 0 rings (SSSR count). The van der Waals surface area contributed by atoms with Crippen molar-refractivity contribution in [2.24, 2.45) is 0 Å². The standard InChI is InChI=1S/C8H11F6NO2/c1-2-15(4-7(9,10)11)5(3-6(16)17)8(12,13)14/h5H,2-4H2,1H3,(H,16,17). The topological polar surface area (TPSA) is 40.5 Å². The van der Waals surface area contributed by atoms with Gasteiger partial charge in [-0.3, -0.25) is 9.69 Å². The maximum absolute atomic E-state index is 12.4. The predicted octanol–water partition coefficient (Wildman–Crippen LogP) is 2.28. The Bertz CT molecular complexity index is 262. The van der Waals surface area contributed by atoms with E-state index in [4.69, 9.17) is 5.11 Å². The smallest absolute Gasteiger partial charge is 0.404 e. The first-order chi connectivity index (χ1) is 7.47. The first-order valence-corrected chi connectivity index (χ1v) is 4.56. The van der Waals surface area contributed by atoms with E-state index in [0.717, 1.165) is 6.92 Å². The number of alkyl halides is 6. The van der Waals surface area contributed by atoms with E-state index in [1.165, 1.54) is 0 Å². The lowest BCUT2D eigenvalue weighted by molar-refractivity contribution is -0.212. The van der Waals surface area contributed by atoms with Crippen LogP contribution in [0.5, 0.6) is 0 Å². The third-order valence-corrected chi connectivity index (χ3v) is 1.98. The van der Waals surface area contributed by atoms with E-state index in [1.54, 1.807) is 0 Å². The van der Waals surface area contributed by atoms with E-state index in [9.17, 15) is 31.1 Å². The minimum atomic E-state index is -5.01. The van der Waals surface area contributed by atoms with Crippen molar-refractivity contribution in [3.05, 3.63) is 0 Å². The Balaban J connectivity index is 4.92. The summed E-state index contributed by atoms with van der Waals surface area (Å²) in [4.78, 5) is 10.3. The van der Waals surface area contributed by atoms with Crippen LogP contribution >= 0.6 is 0 Å². The number of aliphatic carboxylic acids is 1. The molecule has 0 fully saturated rings. The van der Waals surface area contributed by atoms with Crippen molar-refractivity contribution in [3.63, 3.8) is 0 Å². The summed E-state index contributed by atoms with van der Waals surface area (Å²) in [6, 6.07) is -2.63. The number of hydrogen-bond donors (Lipinski definition) is 1. The molecule has 0 amide bonds.